The van der Waals surface area contributed by atoms with Crippen molar-refractivity contribution >= 4 is 21.6 Å². The van der Waals surface area contributed by atoms with Gasteiger partial charge in [-0.2, -0.15) is 5.10 Å². The Morgan fingerprint density at radius 1 is 1.18 bits per heavy atom. The highest BCUT2D eigenvalue weighted by atomic mass is 32.2. The molecule has 0 spiro atoms. The summed E-state index contributed by atoms with van der Waals surface area (Å²) in [4.78, 5) is 11.6. The molecule has 0 aliphatic carbocycles. The molecule has 0 atom stereocenters. The number of hydrogen-bond donors (Lipinski definition) is 2. The molecule has 0 aliphatic heterocycles. The van der Waals surface area contributed by atoms with Crippen LogP contribution in [0.25, 0.3) is 0 Å². The maximum Gasteiger partial charge on any atom is 0.265 e. The highest BCUT2D eigenvalue weighted by molar-refractivity contribution is 7.92. The number of hydrogen-bond acceptors (Lipinski definition) is 4. The Morgan fingerprint density at radius 2 is 1.77 bits per heavy atom. The van der Waals surface area contributed by atoms with Gasteiger partial charge in [-0.25, -0.2) is 8.42 Å². The van der Waals surface area contributed by atoms with Crippen LogP contribution < -0.4 is 10.0 Å². The van der Waals surface area contributed by atoms with Crippen molar-refractivity contribution in [1.29, 1.82) is 0 Å². The van der Waals surface area contributed by atoms with Crippen molar-refractivity contribution in [2.24, 2.45) is 7.05 Å². The topological polar surface area (TPSA) is 93.1 Å². The van der Waals surface area contributed by atoms with Crippen LogP contribution in [0.15, 0.2) is 29.2 Å². The van der Waals surface area contributed by atoms with Crippen LogP contribution in [0.3, 0.4) is 0 Å². The number of carbonyl (C=O) groups excluding carboxylic acids is 1. The second-order valence-electron chi connectivity index (χ2n) is 4.89. The van der Waals surface area contributed by atoms with E-state index in [-0.39, 0.29) is 10.8 Å². The lowest BCUT2D eigenvalue weighted by Gasteiger charge is -2.09. The lowest BCUT2D eigenvalue weighted by atomic mass is 10.2. The van der Waals surface area contributed by atoms with E-state index in [2.05, 4.69) is 15.1 Å². The summed E-state index contributed by atoms with van der Waals surface area (Å²) >= 11 is 0. The highest BCUT2D eigenvalue weighted by Crippen LogP contribution is 2.22. The average molecular weight is 322 g/mol. The van der Waals surface area contributed by atoms with Gasteiger partial charge in [0, 0.05) is 25.3 Å². The first-order valence-electron chi connectivity index (χ1n) is 6.61. The number of carbonyl (C=O) groups is 1. The van der Waals surface area contributed by atoms with Gasteiger partial charge in [0.25, 0.3) is 15.9 Å². The number of rotatable bonds is 4. The van der Waals surface area contributed by atoms with Crippen LogP contribution in [-0.2, 0) is 17.1 Å². The van der Waals surface area contributed by atoms with Crippen LogP contribution in [-0.4, -0.2) is 31.2 Å². The number of amides is 1. The zero-order valence-corrected chi connectivity index (χ0v) is 13.7. The summed E-state index contributed by atoms with van der Waals surface area (Å²) in [6.07, 6.45) is 0. The van der Waals surface area contributed by atoms with E-state index in [4.69, 9.17) is 0 Å². The molecule has 1 aromatic carbocycles. The minimum Gasteiger partial charge on any atom is -0.355 e. The lowest BCUT2D eigenvalue weighted by molar-refractivity contribution is 0.0963. The molecule has 1 heterocycles. The number of aryl methyl sites for hydroxylation is 2. The van der Waals surface area contributed by atoms with Crippen LogP contribution in [0.5, 0.6) is 0 Å². The van der Waals surface area contributed by atoms with Gasteiger partial charge in [-0.1, -0.05) is 0 Å². The molecule has 2 aromatic rings. The Balaban J connectivity index is 2.31. The van der Waals surface area contributed by atoms with Gasteiger partial charge in [-0.05, 0) is 38.1 Å². The van der Waals surface area contributed by atoms with Crippen LogP contribution in [0.4, 0.5) is 5.69 Å². The van der Waals surface area contributed by atoms with Crippen LogP contribution in [0.2, 0.25) is 0 Å². The molecule has 8 heteroatoms. The molecular formula is C14H18N4O3S. The molecule has 0 aliphatic rings. The van der Waals surface area contributed by atoms with Gasteiger partial charge in [0.05, 0.1) is 11.4 Å². The van der Waals surface area contributed by atoms with Gasteiger partial charge in [0.1, 0.15) is 4.90 Å². The number of anilines is 1. The van der Waals surface area contributed by atoms with Gasteiger partial charge in [-0.15, -0.1) is 0 Å². The number of nitrogens with one attached hydrogen (secondary N) is 2. The van der Waals surface area contributed by atoms with Crippen LogP contribution in [0.1, 0.15) is 21.7 Å². The van der Waals surface area contributed by atoms with E-state index < -0.39 is 10.0 Å². The fraction of sp³-hybridized carbons (Fsp3) is 0.286. The average Bonchev–Trinajstić information content (AvgIpc) is 2.72. The molecule has 22 heavy (non-hydrogen) atoms. The summed E-state index contributed by atoms with van der Waals surface area (Å²) in [6, 6.07) is 6.20. The van der Waals surface area contributed by atoms with Crippen molar-refractivity contribution in [2.75, 3.05) is 11.8 Å². The van der Waals surface area contributed by atoms with Crippen LogP contribution in [0, 0.1) is 13.8 Å². The van der Waals surface area contributed by atoms with Gasteiger partial charge >= 0.3 is 0 Å². The lowest BCUT2D eigenvalue weighted by Crippen LogP contribution is -2.18. The fourth-order valence-electron chi connectivity index (χ4n) is 2.18. The van der Waals surface area contributed by atoms with Crippen molar-refractivity contribution in [3.63, 3.8) is 0 Å². The number of sulfonamides is 1. The second kappa shape index (κ2) is 5.80. The number of aromatic nitrogens is 2. The normalized spacial score (nSPS) is 11.3. The van der Waals surface area contributed by atoms with E-state index in [1.54, 1.807) is 45.2 Å². The Kier molecular flexibility index (Phi) is 4.23. The van der Waals surface area contributed by atoms with Crippen molar-refractivity contribution in [1.82, 2.24) is 15.1 Å². The molecule has 0 saturated carbocycles. The van der Waals surface area contributed by atoms with E-state index in [0.717, 1.165) is 0 Å². The fourth-order valence-corrected chi connectivity index (χ4v) is 3.68. The minimum absolute atomic E-state index is 0.172. The molecule has 0 radical (unpaired) electrons. The van der Waals surface area contributed by atoms with Gasteiger partial charge in [0.15, 0.2) is 0 Å². The molecule has 7 nitrogen and oxygen atoms in total. The molecule has 2 N–H and O–H groups in total. The van der Waals surface area contributed by atoms with Gasteiger partial charge in [0.2, 0.25) is 0 Å². The third kappa shape index (κ3) is 2.96. The van der Waals surface area contributed by atoms with E-state index in [9.17, 15) is 13.2 Å². The highest BCUT2D eigenvalue weighted by Gasteiger charge is 2.23. The van der Waals surface area contributed by atoms with E-state index in [0.29, 0.717) is 22.6 Å². The first kappa shape index (κ1) is 16.0. The molecule has 1 aromatic heterocycles. The Morgan fingerprint density at radius 3 is 2.23 bits per heavy atom. The number of nitrogens with zero attached hydrogens (tertiary/aromatic N) is 2. The van der Waals surface area contributed by atoms with Crippen molar-refractivity contribution in [2.45, 2.75) is 18.7 Å². The molecule has 0 saturated heterocycles. The van der Waals surface area contributed by atoms with Gasteiger partial charge in [-0.3, -0.25) is 14.2 Å². The zero-order valence-electron chi connectivity index (χ0n) is 12.8. The third-order valence-corrected chi connectivity index (χ3v) is 4.97. The molecule has 0 bridgehead atoms. The summed E-state index contributed by atoms with van der Waals surface area (Å²) in [7, 11) is -0.498. The monoisotopic (exact) mass is 322 g/mol. The summed E-state index contributed by atoms with van der Waals surface area (Å²) < 4.78 is 29.0. The summed E-state index contributed by atoms with van der Waals surface area (Å²) in [6.45, 7) is 3.35. The quantitative estimate of drug-likeness (QED) is 0.884. The molecule has 1 amide bonds. The smallest absolute Gasteiger partial charge is 0.265 e. The molecule has 2 rings (SSSR count). The van der Waals surface area contributed by atoms with E-state index in [1.165, 1.54) is 11.7 Å². The maximum atomic E-state index is 12.5. The van der Waals surface area contributed by atoms with Crippen molar-refractivity contribution < 1.29 is 13.2 Å². The van der Waals surface area contributed by atoms with E-state index in [1.807, 2.05) is 0 Å². The zero-order chi connectivity index (χ0) is 16.5. The summed E-state index contributed by atoms with van der Waals surface area (Å²) in [5.41, 5.74) is 1.84. The summed E-state index contributed by atoms with van der Waals surface area (Å²) in [5.74, 6) is -0.228. The molecule has 0 fully saturated rings. The van der Waals surface area contributed by atoms with Crippen LogP contribution >= 0.6 is 0 Å². The Labute approximate surface area is 129 Å². The molecule has 0 unspecified atom stereocenters. The Bertz CT molecular complexity index is 807. The largest absolute Gasteiger partial charge is 0.355 e. The Hall–Kier alpha value is -2.35. The number of benzene rings is 1. The third-order valence-electron chi connectivity index (χ3n) is 3.34. The predicted molar refractivity (Wildman–Crippen MR) is 83.3 cm³/mol. The SMILES string of the molecule is CNC(=O)c1ccc(NS(=O)(=O)c2c(C)nn(C)c2C)cc1. The summed E-state index contributed by atoms with van der Waals surface area (Å²) in [5, 5.41) is 6.62. The second-order valence-corrected chi connectivity index (χ2v) is 6.50. The molecular weight excluding hydrogens is 304 g/mol. The maximum absolute atomic E-state index is 12.5. The first-order valence-corrected chi connectivity index (χ1v) is 8.09. The standard InChI is InChI=1S/C14H18N4O3S/c1-9-13(10(2)18(4)16-9)22(20,21)17-12-7-5-11(6-8-12)14(19)15-3/h5-8,17H,1-4H3,(H,15,19). The molecule has 118 valence electrons. The minimum atomic E-state index is -3.73. The van der Waals surface area contributed by atoms with Gasteiger partial charge < -0.3 is 5.32 Å². The first-order chi connectivity index (χ1) is 10.3. The van der Waals surface area contributed by atoms with Crippen molar-refractivity contribution in [3.8, 4) is 0 Å². The predicted octanol–water partition coefficient (Wildman–Crippen LogP) is 1.20. The van der Waals surface area contributed by atoms with E-state index >= 15 is 0 Å². The van der Waals surface area contributed by atoms with Crippen molar-refractivity contribution in [3.05, 3.63) is 41.2 Å².